The first kappa shape index (κ1) is 19.5. The van der Waals surface area contributed by atoms with Gasteiger partial charge in [0, 0.05) is 49.6 Å². The zero-order chi connectivity index (χ0) is 20.7. The molecule has 3 aliphatic rings. The number of likely N-dealkylation sites (tertiary alicyclic amines) is 2. The summed E-state index contributed by atoms with van der Waals surface area (Å²) in [6, 6.07) is 7.97. The Labute approximate surface area is 177 Å². The molecule has 0 spiro atoms. The molecular weight excluding hydrogens is 376 g/mol. The molecule has 3 aliphatic heterocycles. The first-order valence-electron chi connectivity index (χ1n) is 11.3. The second kappa shape index (κ2) is 7.99. The summed E-state index contributed by atoms with van der Waals surface area (Å²) >= 11 is 0. The summed E-state index contributed by atoms with van der Waals surface area (Å²) < 4.78 is 2.01. The van der Waals surface area contributed by atoms with Crippen LogP contribution in [0.25, 0.3) is 0 Å². The summed E-state index contributed by atoms with van der Waals surface area (Å²) in [4.78, 5) is 35.0. The number of hydrogen-bond donors (Lipinski definition) is 0. The van der Waals surface area contributed by atoms with Gasteiger partial charge in [0.05, 0.1) is 0 Å². The summed E-state index contributed by atoms with van der Waals surface area (Å²) in [6.07, 6.45) is 6.50. The third-order valence-corrected chi connectivity index (χ3v) is 7.02. The number of carbonyl (C=O) groups is 1. The molecule has 0 N–H and O–H groups in total. The molecule has 2 atom stereocenters. The Kier molecular flexibility index (Phi) is 5.19. The van der Waals surface area contributed by atoms with Gasteiger partial charge in [-0.15, -0.1) is 0 Å². The lowest BCUT2D eigenvalue weighted by Crippen LogP contribution is -2.49. The van der Waals surface area contributed by atoms with Crippen LogP contribution in [0.2, 0.25) is 0 Å². The highest BCUT2D eigenvalue weighted by atomic mass is 16.2. The number of aryl methyl sites for hydroxylation is 1. The van der Waals surface area contributed by atoms with Crippen LogP contribution in [-0.2, 0) is 13.1 Å². The molecule has 5 heterocycles. The average molecular weight is 407 g/mol. The Morgan fingerprint density at radius 1 is 1.10 bits per heavy atom. The first-order chi connectivity index (χ1) is 14.6. The maximum Gasteiger partial charge on any atom is 0.272 e. The van der Waals surface area contributed by atoms with E-state index in [9.17, 15) is 9.59 Å². The molecule has 0 aromatic carbocycles. The highest BCUT2D eigenvalue weighted by Crippen LogP contribution is 2.35. The van der Waals surface area contributed by atoms with Crippen LogP contribution < -0.4 is 5.56 Å². The molecule has 0 saturated carbocycles. The molecule has 1 amide bonds. The van der Waals surface area contributed by atoms with Gasteiger partial charge < -0.3 is 9.47 Å². The van der Waals surface area contributed by atoms with Gasteiger partial charge in [-0.3, -0.25) is 19.5 Å². The highest BCUT2D eigenvalue weighted by molar-refractivity contribution is 5.93. The number of carbonyl (C=O) groups excluding carboxylic acids is 1. The van der Waals surface area contributed by atoms with Crippen molar-refractivity contribution < 1.29 is 4.79 Å². The number of rotatable bonds is 3. The van der Waals surface area contributed by atoms with E-state index in [4.69, 9.17) is 0 Å². The standard InChI is InChI=1S/C24H30N4O2/c1-17-6-5-9-25-22(17)24(30)27-13-18-12-20(16-27)21-8-7-19(23(29)28(21)14-18)15-26-10-3-2-4-11-26/h5-9,18,20H,2-4,10-16H2,1H3/t18-,20+/m0/s1. The molecule has 5 rings (SSSR count). The minimum atomic E-state index is 0.0142. The van der Waals surface area contributed by atoms with Gasteiger partial charge in [-0.05, 0) is 62.9 Å². The van der Waals surface area contributed by atoms with E-state index < -0.39 is 0 Å². The predicted octanol–water partition coefficient (Wildman–Crippen LogP) is 2.80. The normalized spacial score (nSPS) is 23.8. The smallest absolute Gasteiger partial charge is 0.272 e. The molecule has 0 aliphatic carbocycles. The van der Waals surface area contributed by atoms with Crippen molar-refractivity contribution in [2.45, 2.75) is 51.6 Å². The number of hydrogen-bond acceptors (Lipinski definition) is 4. The van der Waals surface area contributed by atoms with Crippen molar-refractivity contribution in [1.29, 1.82) is 0 Å². The molecule has 6 nitrogen and oxygen atoms in total. The fourth-order valence-electron chi connectivity index (χ4n) is 5.49. The minimum absolute atomic E-state index is 0.0142. The quantitative estimate of drug-likeness (QED) is 0.787. The van der Waals surface area contributed by atoms with Gasteiger partial charge >= 0.3 is 0 Å². The summed E-state index contributed by atoms with van der Waals surface area (Å²) in [5.74, 6) is 0.565. The maximum atomic E-state index is 13.2. The lowest BCUT2D eigenvalue weighted by molar-refractivity contribution is 0.0587. The highest BCUT2D eigenvalue weighted by Gasteiger charge is 2.37. The van der Waals surface area contributed by atoms with Crippen molar-refractivity contribution in [3.63, 3.8) is 0 Å². The van der Waals surface area contributed by atoms with E-state index in [1.807, 2.05) is 34.6 Å². The Balaban J connectivity index is 1.38. The third kappa shape index (κ3) is 3.58. The number of fused-ring (bicyclic) bond motifs is 4. The van der Waals surface area contributed by atoms with E-state index in [0.717, 1.165) is 42.9 Å². The second-order valence-electron chi connectivity index (χ2n) is 9.21. The summed E-state index contributed by atoms with van der Waals surface area (Å²) in [5, 5.41) is 0. The Morgan fingerprint density at radius 3 is 2.73 bits per heavy atom. The fraction of sp³-hybridized carbons (Fsp3) is 0.542. The van der Waals surface area contributed by atoms with E-state index in [-0.39, 0.29) is 17.4 Å². The van der Waals surface area contributed by atoms with Gasteiger partial charge in [-0.25, -0.2) is 0 Å². The summed E-state index contributed by atoms with van der Waals surface area (Å²) in [6.45, 7) is 6.96. The third-order valence-electron chi connectivity index (χ3n) is 7.02. The van der Waals surface area contributed by atoms with Gasteiger partial charge in [0.2, 0.25) is 0 Å². The summed E-state index contributed by atoms with van der Waals surface area (Å²) in [5.41, 5.74) is 3.64. The molecule has 158 valence electrons. The molecule has 2 fully saturated rings. The van der Waals surface area contributed by atoms with E-state index in [2.05, 4.69) is 16.0 Å². The van der Waals surface area contributed by atoms with Crippen molar-refractivity contribution in [2.24, 2.45) is 5.92 Å². The first-order valence-corrected chi connectivity index (χ1v) is 11.3. The molecular formula is C24H30N4O2. The minimum Gasteiger partial charge on any atom is -0.336 e. The van der Waals surface area contributed by atoms with Crippen molar-refractivity contribution in [1.82, 2.24) is 19.4 Å². The largest absolute Gasteiger partial charge is 0.336 e. The van der Waals surface area contributed by atoms with Crippen molar-refractivity contribution >= 4 is 5.91 Å². The molecule has 2 aromatic heterocycles. The van der Waals surface area contributed by atoms with Gasteiger partial charge in [-0.1, -0.05) is 18.6 Å². The zero-order valence-electron chi connectivity index (χ0n) is 17.7. The van der Waals surface area contributed by atoms with Gasteiger partial charge in [0.25, 0.3) is 11.5 Å². The Morgan fingerprint density at radius 2 is 1.93 bits per heavy atom. The topological polar surface area (TPSA) is 58.4 Å². The molecule has 6 heteroatoms. The van der Waals surface area contributed by atoms with Crippen LogP contribution in [0.5, 0.6) is 0 Å². The van der Waals surface area contributed by atoms with Crippen molar-refractivity contribution in [3.8, 4) is 0 Å². The van der Waals surface area contributed by atoms with Crippen LogP contribution in [0, 0.1) is 12.8 Å². The van der Waals surface area contributed by atoms with Crippen molar-refractivity contribution in [2.75, 3.05) is 26.2 Å². The number of piperidine rings is 2. The van der Waals surface area contributed by atoms with E-state index in [0.29, 0.717) is 31.2 Å². The van der Waals surface area contributed by atoms with Crippen molar-refractivity contribution in [3.05, 3.63) is 63.3 Å². The van der Waals surface area contributed by atoms with Crippen LogP contribution in [0.4, 0.5) is 0 Å². The van der Waals surface area contributed by atoms with Crippen LogP contribution in [-0.4, -0.2) is 51.4 Å². The molecule has 2 saturated heterocycles. The van der Waals surface area contributed by atoms with Gasteiger partial charge in [-0.2, -0.15) is 0 Å². The number of amides is 1. The van der Waals surface area contributed by atoms with Crippen LogP contribution in [0.3, 0.4) is 0 Å². The van der Waals surface area contributed by atoms with Crippen LogP contribution in [0.1, 0.15) is 58.9 Å². The Bertz CT molecular complexity index is 1010. The molecule has 0 radical (unpaired) electrons. The number of aromatic nitrogens is 2. The van der Waals surface area contributed by atoms with E-state index in [1.165, 1.54) is 19.3 Å². The molecule has 2 bridgehead atoms. The lowest BCUT2D eigenvalue weighted by atomic mass is 9.82. The molecule has 30 heavy (non-hydrogen) atoms. The van der Waals surface area contributed by atoms with E-state index in [1.54, 1.807) is 6.20 Å². The Hall–Kier alpha value is -2.47. The number of nitrogens with zero attached hydrogens (tertiary/aromatic N) is 4. The zero-order valence-corrected chi connectivity index (χ0v) is 17.7. The fourth-order valence-corrected chi connectivity index (χ4v) is 5.49. The predicted molar refractivity (Wildman–Crippen MR) is 116 cm³/mol. The second-order valence-corrected chi connectivity index (χ2v) is 9.21. The van der Waals surface area contributed by atoms with Gasteiger partial charge in [0.1, 0.15) is 5.69 Å². The summed E-state index contributed by atoms with van der Waals surface area (Å²) in [7, 11) is 0. The molecule has 2 aromatic rings. The van der Waals surface area contributed by atoms with Crippen LogP contribution >= 0.6 is 0 Å². The molecule has 0 unspecified atom stereocenters. The SMILES string of the molecule is Cc1cccnc1C(=O)N1C[C@@H]2C[C@H](C1)c1ccc(CN3CCCCC3)c(=O)n1C2. The van der Waals surface area contributed by atoms with E-state index >= 15 is 0 Å². The number of pyridine rings is 2. The van der Waals surface area contributed by atoms with Crippen LogP contribution in [0.15, 0.2) is 35.3 Å². The van der Waals surface area contributed by atoms with Gasteiger partial charge in [0.15, 0.2) is 0 Å². The maximum absolute atomic E-state index is 13.2. The lowest BCUT2D eigenvalue weighted by Gasteiger charge is -2.43. The monoisotopic (exact) mass is 406 g/mol. The average Bonchev–Trinajstić information content (AvgIpc) is 2.76.